The molecular formula is C14H15F2N3O. The van der Waals surface area contributed by atoms with Crippen molar-refractivity contribution in [1.82, 2.24) is 9.55 Å². The predicted octanol–water partition coefficient (Wildman–Crippen LogP) is 1.84. The summed E-state index contributed by atoms with van der Waals surface area (Å²) in [5, 5.41) is 0. The summed E-state index contributed by atoms with van der Waals surface area (Å²) in [4.78, 5) is 4.11. The van der Waals surface area contributed by atoms with Gasteiger partial charge in [-0.3, -0.25) is 0 Å². The number of aromatic nitrogens is 2. The fraction of sp³-hybridized carbons (Fsp3) is 0.357. The number of nitrogens with two attached hydrogens (primary N) is 1. The summed E-state index contributed by atoms with van der Waals surface area (Å²) >= 11 is 0. The van der Waals surface area contributed by atoms with Gasteiger partial charge in [-0.25, -0.2) is 13.8 Å². The highest BCUT2D eigenvalue weighted by atomic mass is 19.1. The van der Waals surface area contributed by atoms with Crippen molar-refractivity contribution in [2.75, 3.05) is 13.2 Å². The summed E-state index contributed by atoms with van der Waals surface area (Å²) in [6.07, 6.45) is 4.69. The van der Waals surface area contributed by atoms with Crippen LogP contribution in [-0.2, 0) is 12.8 Å². The highest BCUT2D eigenvalue weighted by Gasteiger charge is 2.25. The minimum Gasteiger partial charge on any atom is -0.488 e. The third-order valence-corrected chi connectivity index (χ3v) is 3.50. The molecule has 20 heavy (non-hydrogen) atoms. The van der Waals surface area contributed by atoms with Crippen molar-refractivity contribution in [3.05, 3.63) is 47.5 Å². The minimum atomic E-state index is -0.647. The average molecular weight is 279 g/mol. The first-order chi connectivity index (χ1) is 9.69. The molecular weight excluding hydrogens is 264 g/mol. The molecule has 0 fully saturated rings. The fourth-order valence-electron chi connectivity index (χ4n) is 2.60. The van der Waals surface area contributed by atoms with Crippen molar-refractivity contribution in [3.63, 3.8) is 0 Å². The summed E-state index contributed by atoms with van der Waals surface area (Å²) in [5.74, 6) is -1.08. The van der Waals surface area contributed by atoms with E-state index in [0.717, 1.165) is 11.8 Å². The van der Waals surface area contributed by atoms with E-state index >= 15 is 0 Å². The Kier molecular flexibility index (Phi) is 3.40. The Morgan fingerprint density at radius 1 is 1.40 bits per heavy atom. The quantitative estimate of drug-likeness (QED) is 0.932. The highest BCUT2D eigenvalue weighted by Crippen LogP contribution is 2.33. The second kappa shape index (κ2) is 5.20. The Labute approximate surface area is 115 Å². The Balaban J connectivity index is 1.90. The topological polar surface area (TPSA) is 53.1 Å². The van der Waals surface area contributed by atoms with E-state index in [0.29, 0.717) is 31.6 Å². The van der Waals surface area contributed by atoms with Gasteiger partial charge in [0, 0.05) is 36.4 Å². The van der Waals surface area contributed by atoms with E-state index in [2.05, 4.69) is 4.98 Å². The third-order valence-electron chi connectivity index (χ3n) is 3.50. The molecule has 4 nitrogen and oxygen atoms in total. The predicted molar refractivity (Wildman–Crippen MR) is 69.6 cm³/mol. The SMILES string of the molecule is NCCc1cncn1C1COc2c(F)cc(F)cc2C1. The van der Waals surface area contributed by atoms with Crippen LogP contribution in [0.4, 0.5) is 8.78 Å². The molecule has 106 valence electrons. The summed E-state index contributed by atoms with van der Waals surface area (Å²) in [5.41, 5.74) is 7.11. The molecule has 1 aliphatic rings. The lowest BCUT2D eigenvalue weighted by Crippen LogP contribution is -2.26. The molecule has 1 unspecified atom stereocenters. The zero-order valence-corrected chi connectivity index (χ0v) is 10.9. The van der Waals surface area contributed by atoms with Gasteiger partial charge < -0.3 is 15.0 Å². The molecule has 0 bridgehead atoms. The van der Waals surface area contributed by atoms with Gasteiger partial charge in [0.25, 0.3) is 0 Å². The molecule has 0 radical (unpaired) electrons. The van der Waals surface area contributed by atoms with Gasteiger partial charge in [-0.1, -0.05) is 0 Å². The largest absolute Gasteiger partial charge is 0.488 e. The third kappa shape index (κ3) is 2.27. The van der Waals surface area contributed by atoms with E-state index in [-0.39, 0.29) is 11.8 Å². The second-order valence-electron chi connectivity index (χ2n) is 4.88. The molecule has 1 aromatic heterocycles. The first-order valence-corrected chi connectivity index (χ1v) is 6.50. The van der Waals surface area contributed by atoms with Crippen molar-refractivity contribution in [3.8, 4) is 5.75 Å². The van der Waals surface area contributed by atoms with Gasteiger partial charge in [-0.15, -0.1) is 0 Å². The maximum Gasteiger partial charge on any atom is 0.168 e. The van der Waals surface area contributed by atoms with Crippen molar-refractivity contribution in [2.45, 2.75) is 18.9 Å². The van der Waals surface area contributed by atoms with Crippen molar-refractivity contribution in [1.29, 1.82) is 0 Å². The average Bonchev–Trinajstić information content (AvgIpc) is 2.86. The number of hydrogen-bond acceptors (Lipinski definition) is 3. The van der Waals surface area contributed by atoms with Crippen LogP contribution in [0.25, 0.3) is 0 Å². The smallest absolute Gasteiger partial charge is 0.168 e. The van der Waals surface area contributed by atoms with E-state index in [4.69, 9.17) is 10.5 Å². The molecule has 6 heteroatoms. The van der Waals surface area contributed by atoms with Crippen LogP contribution in [0, 0.1) is 11.6 Å². The minimum absolute atomic E-state index is 0.0206. The van der Waals surface area contributed by atoms with Gasteiger partial charge in [0.1, 0.15) is 12.4 Å². The zero-order valence-electron chi connectivity index (χ0n) is 10.9. The van der Waals surface area contributed by atoms with Crippen LogP contribution >= 0.6 is 0 Å². The monoisotopic (exact) mass is 279 g/mol. The normalized spacial score (nSPS) is 17.6. The molecule has 0 saturated heterocycles. The summed E-state index contributed by atoms with van der Waals surface area (Å²) in [6, 6.07) is 2.15. The van der Waals surface area contributed by atoms with Crippen LogP contribution in [0.15, 0.2) is 24.7 Å². The van der Waals surface area contributed by atoms with Crippen LogP contribution in [0.2, 0.25) is 0 Å². The molecule has 0 spiro atoms. The summed E-state index contributed by atoms with van der Waals surface area (Å²) < 4.78 is 34.3. The van der Waals surface area contributed by atoms with Gasteiger partial charge in [-0.05, 0) is 12.6 Å². The lowest BCUT2D eigenvalue weighted by Gasteiger charge is -2.27. The zero-order chi connectivity index (χ0) is 14.1. The summed E-state index contributed by atoms with van der Waals surface area (Å²) in [6.45, 7) is 0.864. The first-order valence-electron chi connectivity index (χ1n) is 6.50. The molecule has 0 amide bonds. The molecule has 1 aliphatic heterocycles. The number of nitrogens with zero attached hydrogens (tertiary/aromatic N) is 2. The molecule has 2 N–H and O–H groups in total. The standard InChI is InChI=1S/C14H15F2N3O/c15-10-3-9-4-12(7-20-14(9)13(16)5-10)19-8-18-6-11(19)1-2-17/h3,5-6,8,12H,1-2,4,7,17H2. The van der Waals surface area contributed by atoms with Gasteiger partial charge in [0.2, 0.25) is 0 Å². The fourth-order valence-corrected chi connectivity index (χ4v) is 2.60. The second-order valence-corrected chi connectivity index (χ2v) is 4.88. The first kappa shape index (κ1) is 13.1. The lowest BCUT2D eigenvalue weighted by molar-refractivity contribution is 0.211. The Morgan fingerprint density at radius 2 is 2.25 bits per heavy atom. The van der Waals surface area contributed by atoms with Gasteiger partial charge in [0.05, 0.1) is 12.4 Å². The summed E-state index contributed by atoms with van der Waals surface area (Å²) in [7, 11) is 0. The Morgan fingerprint density at radius 3 is 3.05 bits per heavy atom. The number of rotatable bonds is 3. The van der Waals surface area contributed by atoms with E-state index in [9.17, 15) is 8.78 Å². The number of imidazole rings is 1. The van der Waals surface area contributed by atoms with Crippen molar-refractivity contribution in [2.24, 2.45) is 5.73 Å². The molecule has 0 saturated carbocycles. The Bertz CT molecular complexity index is 627. The van der Waals surface area contributed by atoms with Gasteiger partial charge in [-0.2, -0.15) is 0 Å². The van der Waals surface area contributed by atoms with Crippen molar-refractivity contribution >= 4 is 0 Å². The van der Waals surface area contributed by atoms with Crippen LogP contribution in [0.3, 0.4) is 0 Å². The van der Waals surface area contributed by atoms with E-state index in [1.807, 2.05) is 4.57 Å². The number of halogens is 2. The van der Waals surface area contributed by atoms with Crippen LogP contribution in [-0.4, -0.2) is 22.7 Å². The molecule has 3 rings (SSSR count). The number of benzene rings is 1. The van der Waals surface area contributed by atoms with Crippen LogP contribution in [0.5, 0.6) is 5.75 Å². The van der Waals surface area contributed by atoms with E-state index in [1.54, 1.807) is 12.5 Å². The van der Waals surface area contributed by atoms with Crippen LogP contribution in [0.1, 0.15) is 17.3 Å². The van der Waals surface area contributed by atoms with Gasteiger partial charge >= 0.3 is 0 Å². The lowest BCUT2D eigenvalue weighted by atomic mass is 10.0. The molecule has 0 aliphatic carbocycles. The molecule has 2 heterocycles. The van der Waals surface area contributed by atoms with Crippen LogP contribution < -0.4 is 10.5 Å². The molecule has 1 aromatic carbocycles. The molecule has 2 aromatic rings. The molecule has 1 atom stereocenters. The van der Waals surface area contributed by atoms with E-state index < -0.39 is 11.6 Å². The van der Waals surface area contributed by atoms with Crippen molar-refractivity contribution < 1.29 is 13.5 Å². The highest BCUT2D eigenvalue weighted by molar-refractivity contribution is 5.37. The van der Waals surface area contributed by atoms with E-state index in [1.165, 1.54) is 6.07 Å². The number of fused-ring (bicyclic) bond motifs is 1. The number of hydrogen-bond donors (Lipinski definition) is 1. The number of ether oxygens (including phenoxy) is 1. The maximum absolute atomic E-state index is 13.6. The van der Waals surface area contributed by atoms with Gasteiger partial charge in [0.15, 0.2) is 11.6 Å². The Hall–Kier alpha value is -1.95. The maximum atomic E-state index is 13.6.